The highest BCUT2D eigenvalue weighted by Gasteiger charge is 2.27. The molecule has 0 spiro atoms. The molecule has 2 rings (SSSR count). The molecule has 4 N–H and O–H groups in total. The molecule has 0 bridgehead atoms. The Labute approximate surface area is 106 Å². The van der Waals surface area contributed by atoms with Gasteiger partial charge in [0.15, 0.2) is 0 Å². The van der Waals surface area contributed by atoms with Crippen molar-refractivity contribution in [1.82, 2.24) is 5.32 Å². The lowest BCUT2D eigenvalue weighted by Crippen LogP contribution is -2.46. The van der Waals surface area contributed by atoms with Crippen molar-refractivity contribution in [2.75, 3.05) is 6.61 Å². The lowest BCUT2D eigenvalue weighted by Gasteiger charge is -2.17. The number of hydrogen-bond donors (Lipinski definition) is 3. The summed E-state index contributed by atoms with van der Waals surface area (Å²) in [4.78, 5) is 11.3. The highest BCUT2D eigenvalue weighted by Crippen LogP contribution is 2.20. The molecule has 0 radical (unpaired) electrons. The summed E-state index contributed by atoms with van der Waals surface area (Å²) in [6, 6.07) is 7.10. The summed E-state index contributed by atoms with van der Waals surface area (Å²) in [7, 11) is 0. The van der Waals surface area contributed by atoms with Crippen LogP contribution < -0.4 is 15.8 Å². The van der Waals surface area contributed by atoms with E-state index in [1.807, 2.05) is 12.1 Å². The number of nitrogens with two attached hydrogens (primary N) is 1. The number of nitrogens with one attached hydrogen (secondary N) is 1. The highest BCUT2D eigenvalue weighted by atomic mass is 16.5. The van der Waals surface area contributed by atoms with Gasteiger partial charge in [0.1, 0.15) is 18.4 Å². The van der Waals surface area contributed by atoms with Gasteiger partial charge < -0.3 is 20.9 Å². The van der Waals surface area contributed by atoms with E-state index in [-0.39, 0.29) is 13.2 Å². The van der Waals surface area contributed by atoms with Crippen LogP contribution in [0.4, 0.5) is 0 Å². The Kier molecular flexibility index (Phi) is 4.17. The zero-order chi connectivity index (χ0) is 13.0. The van der Waals surface area contributed by atoms with Gasteiger partial charge in [-0.25, -0.2) is 0 Å². The summed E-state index contributed by atoms with van der Waals surface area (Å²) in [5.74, 6) is 0.173. The maximum atomic E-state index is 11.3. The third-order valence-corrected chi connectivity index (χ3v) is 2.91. The number of aliphatic hydroxyl groups excluding tert-OH is 1. The number of amides is 1. The summed E-state index contributed by atoms with van der Waals surface area (Å²) >= 11 is 0. The van der Waals surface area contributed by atoms with Crippen molar-refractivity contribution in [2.45, 2.75) is 31.5 Å². The van der Waals surface area contributed by atoms with E-state index in [4.69, 9.17) is 15.6 Å². The lowest BCUT2D eigenvalue weighted by molar-refractivity contribution is -0.120. The van der Waals surface area contributed by atoms with Crippen molar-refractivity contribution in [3.63, 3.8) is 0 Å². The van der Waals surface area contributed by atoms with E-state index >= 15 is 0 Å². The number of benzene rings is 1. The third kappa shape index (κ3) is 3.45. The number of aliphatic hydroxyl groups is 1. The van der Waals surface area contributed by atoms with E-state index in [0.717, 1.165) is 12.8 Å². The van der Waals surface area contributed by atoms with Crippen molar-refractivity contribution >= 4 is 5.91 Å². The first-order valence-corrected chi connectivity index (χ1v) is 6.07. The van der Waals surface area contributed by atoms with Crippen LogP contribution in [0.2, 0.25) is 0 Å². The first-order chi connectivity index (χ1) is 8.70. The van der Waals surface area contributed by atoms with E-state index in [2.05, 4.69) is 5.32 Å². The van der Waals surface area contributed by atoms with E-state index < -0.39 is 11.9 Å². The maximum Gasteiger partial charge on any atom is 0.238 e. The molecule has 1 atom stereocenters. The molecule has 0 aliphatic heterocycles. The smallest absolute Gasteiger partial charge is 0.238 e. The largest absolute Gasteiger partial charge is 0.491 e. The summed E-state index contributed by atoms with van der Waals surface area (Å²) in [6.07, 6.45) is 2.16. The molecule has 0 aromatic heterocycles. The van der Waals surface area contributed by atoms with Gasteiger partial charge >= 0.3 is 0 Å². The second-order valence-corrected chi connectivity index (χ2v) is 4.47. The highest BCUT2D eigenvalue weighted by molar-refractivity contribution is 5.80. The second kappa shape index (κ2) is 5.84. The summed E-state index contributed by atoms with van der Waals surface area (Å²) < 4.78 is 5.56. The molecule has 98 valence electrons. The van der Waals surface area contributed by atoms with Gasteiger partial charge in [-0.3, -0.25) is 4.79 Å². The normalized spacial score (nSPS) is 16.3. The van der Waals surface area contributed by atoms with Crippen LogP contribution in [0, 0.1) is 0 Å². The molecule has 18 heavy (non-hydrogen) atoms. The summed E-state index contributed by atoms with van der Waals surface area (Å²) in [5, 5.41) is 12.3. The standard InChI is InChI=1S/C13H18N2O3/c14-13(17)11(15-10-5-6-10)8-18-12-4-2-1-3-9(12)7-16/h1-4,10-11,15-16H,5-8H2,(H2,14,17). The average molecular weight is 250 g/mol. The molecular weight excluding hydrogens is 232 g/mol. The molecule has 0 heterocycles. The Balaban J connectivity index is 1.93. The molecule has 1 aliphatic rings. The van der Waals surface area contributed by atoms with Crippen molar-refractivity contribution < 1.29 is 14.6 Å². The molecule has 5 heteroatoms. The van der Waals surface area contributed by atoms with Crippen molar-refractivity contribution in [3.8, 4) is 5.75 Å². The Hall–Kier alpha value is -1.59. The Morgan fingerprint density at radius 1 is 1.50 bits per heavy atom. The summed E-state index contributed by atoms with van der Waals surface area (Å²) in [5.41, 5.74) is 6.02. The van der Waals surface area contributed by atoms with Crippen LogP contribution >= 0.6 is 0 Å². The van der Waals surface area contributed by atoms with Crippen LogP contribution in [0.5, 0.6) is 5.75 Å². The number of para-hydroxylation sites is 1. The van der Waals surface area contributed by atoms with Crippen LogP contribution in [-0.4, -0.2) is 29.7 Å². The Morgan fingerprint density at radius 2 is 2.22 bits per heavy atom. The van der Waals surface area contributed by atoms with Crippen LogP contribution in [-0.2, 0) is 11.4 Å². The Morgan fingerprint density at radius 3 is 2.83 bits per heavy atom. The van der Waals surface area contributed by atoms with Gasteiger partial charge in [0, 0.05) is 11.6 Å². The zero-order valence-corrected chi connectivity index (χ0v) is 10.1. The maximum absolute atomic E-state index is 11.3. The first-order valence-electron chi connectivity index (χ1n) is 6.07. The number of primary amides is 1. The first kappa shape index (κ1) is 12.9. The predicted molar refractivity (Wildman–Crippen MR) is 67.0 cm³/mol. The van der Waals surface area contributed by atoms with E-state index in [1.54, 1.807) is 12.1 Å². The van der Waals surface area contributed by atoms with Gasteiger partial charge in [0.05, 0.1) is 6.61 Å². The quantitative estimate of drug-likeness (QED) is 0.643. The van der Waals surface area contributed by atoms with Crippen LogP contribution in [0.1, 0.15) is 18.4 Å². The van der Waals surface area contributed by atoms with Crippen LogP contribution in [0.25, 0.3) is 0 Å². The third-order valence-electron chi connectivity index (χ3n) is 2.91. The van der Waals surface area contributed by atoms with Crippen LogP contribution in [0.15, 0.2) is 24.3 Å². The number of ether oxygens (including phenoxy) is 1. The van der Waals surface area contributed by atoms with Crippen molar-refractivity contribution in [3.05, 3.63) is 29.8 Å². The Bertz CT molecular complexity index is 418. The monoisotopic (exact) mass is 250 g/mol. The van der Waals surface area contributed by atoms with Gasteiger partial charge in [-0.1, -0.05) is 18.2 Å². The molecule has 1 amide bonds. The fourth-order valence-corrected chi connectivity index (χ4v) is 1.70. The molecular formula is C13H18N2O3. The second-order valence-electron chi connectivity index (χ2n) is 4.47. The van der Waals surface area contributed by atoms with Crippen molar-refractivity contribution in [2.24, 2.45) is 5.73 Å². The lowest BCUT2D eigenvalue weighted by atomic mass is 10.2. The molecule has 1 aromatic carbocycles. The molecule has 1 aliphatic carbocycles. The summed E-state index contributed by atoms with van der Waals surface area (Å²) in [6.45, 7) is 0.0936. The number of carbonyl (C=O) groups is 1. The molecule has 0 saturated heterocycles. The van der Waals surface area contributed by atoms with E-state index in [1.165, 1.54) is 0 Å². The van der Waals surface area contributed by atoms with Gasteiger partial charge in [-0.2, -0.15) is 0 Å². The fourth-order valence-electron chi connectivity index (χ4n) is 1.70. The molecule has 1 saturated carbocycles. The number of rotatable bonds is 7. The average Bonchev–Trinajstić information content (AvgIpc) is 3.18. The predicted octanol–water partition coefficient (Wildman–Crippen LogP) is 0.164. The number of carbonyl (C=O) groups excluding carboxylic acids is 1. The zero-order valence-electron chi connectivity index (χ0n) is 10.1. The number of hydrogen-bond acceptors (Lipinski definition) is 4. The SMILES string of the molecule is NC(=O)C(COc1ccccc1CO)NC1CC1. The molecule has 1 fully saturated rings. The van der Waals surface area contributed by atoms with Gasteiger partial charge in [-0.05, 0) is 18.9 Å². The van der Waals surface area contributed by atoms with E-state index in [9.17, 15) is 4.79 Å². The minimum absolute atomic E-state index is 0.0898. The van der Waals surface area contributed by atoms with Gasteiger partial charge in [-0.15, -0.1) is 0 Å². The van der Waals surface area contributed by atoms with Gasteiger partial charge in [0.25, 0.3) is 0 Å². The van der Waals surface area contributed by atoms with E-state index in [0.29, 0.717) is 17.4 Å². The molecule has 1 unspecified atom stereocenters. The topological polar surface area (TPSA) is 84.6 Å². The fraction of sp³-hybridized carbons (Fsp3) is 0.462. The van der Waals surface area contributed by atoms with Gasteiger partial charge in [0.2, 0.25) is 5.91 Å². The molecule has 1 aromatic rings. The molecule has 5 nitrogen and oxygen atoms in total. The minimum atomic E-state index is -0.482. The van der Waals surface area contributed by atoms with Crippen molar-refractivity contribution in [1.29, 1.82) is 0 Å². The minimum Gasteiger partial charge on any atom is -0.491 e. The van der Waals surface area contributed by atoms with Crippen LogP contribution in [0.3, 0.4) is 0 Å².